The molecule has 1 fully saturated rings. The van der Waals surface area contributed by atoms with Crippen LogP contribution in [0.3, 0.4) is 0 Å². The highest BCUT2D eigenvalue weighted by Gasteiger charge is 2.36. The fourth-order valence-electron chi connectivity index (χ4n) is 1.63. The van der Waals surface area contributed by atoms with Crippen molar-refractivity contribution in [2.45, 2.75) is 13.3 Å². The van der Waals surface area contributed by atoms with Gasteiger partial charge in [-0.05, 0) is 24.2 Å². The van der Waals surface area contributed by atoms with Crippen LogP contribution >= 0.6 is 0 Å². The van der Waals surface area contributed by atoms with Crippen LogP contribution in [0.25, 0.3) is 0 Å². The quantitative estimate of drug-likeness (QED) is 0.562. The summed E-state index contributed by atoms with van der Waals surface area (Å²) in [4.78, 5) is 0. The first-order chi connectivity index (χ1) is 4.29. The fourth-order valence-corrected chi connectivity index (χ4v) is 1.63. The second-order valence-electron chi connectivity index (χ2n) is 3.00. The van der Waals surface area contributed by atoms with Gasteiger partial charge in [0.25, 0.3) is 0 Å². The van der Waals surface area contributed by atoms with Gasteiger partial charge < -0.3 is 10.2 Å². The lowest BCUT2D eigenvalue weighted by molar-refractivity contribution is -0.00514. The van der Waals surface area contributed by atoms with Gasteiger partial charge in [0.1, 0.15) is 0 Å². The molecule has 0 radical (unpaired) electrons. The Labute approximate surface area is 55.5 Å². The Hall–Kier alpha value is -0.0800. The summed E-state index contributed by atoms with van der Waals surface area (Å²) in [5.41, 5.74) is 0. The lowest BCUT2D eigenvalue weighted by Gasteiger charge is -2.40. The molecule has 2 heteroatoms. The van der Waals surface area contributed by atoms with E-state index < -0.39 is 0 Å². The molecule has 0 aromatic carbocycles. The Morgan fingerprint density at radius 3 is 2.22 bits per heavy atom. The minimum Gasteiger partial charge on any atom is -0.396 e. The van der Waals surface area contributed by atoms with Crippen molar-refractivity contribution >= 4 is 0 Å². The first-order valence-electron chi connectivity index (χ1n) is 3.51. The molecule has 0 spiro atoms. The van der Waals surface area contributed by atoms with Gasteiger partial charge >= 0.3 is 0 Å². The molecule has 9 heavy (non-hydrogen) atoms. The topological polar surface area (TPSA) is 40.5 Å². The molecule has 2 nitrogen and oxygen atoms in total. The van der Waals surface area contributed by atoms with E-state index in [4.69, 9.17) is 10.2 Å². The van der Waals surface area contributed by atoms with E-state index in [2.05, 4.69) is 6.92 Å². The number of hydrogen-bond acceptors (Lipinski definition) is 2. The van der Waals surface area contributed by atoms with Crippen molar-refractivity contribution in [3.63, 3.8) is 0 Å². The third-order valence-electron chi connectivity index (χ3n) is 2.46. The van der Waals surface area contributed by atoms with Crippen molar-refractivity contribution in [2.75, 3.05) is 13.2 Å². The van der Waals surface area contributed by atoms with E-state index in [1.807, 2.05) is 0 Å². The summed E-state index contributed by atoms with van der Waals surface area (Å²) in [5.74, 6) is 1.37. The summed E-state index contributed by atoms with van der Waals surface area (Å²) in [5, 5.41) is 17.4. The molecule has 1 saturated carbocycles. The van der Waals surface area contributed by atoms with Crippen molar-refractivity contribution in [1.82, 2.24) is 0 Å². The highest BCUT2D eigenvalue weighted by molar-refractivity contribution is 4.85. The predicted molar refractivity (Wildman–Crippen MR) is 34.9 cm³/mol. The smallest absolute Gasteiger partial charge is 0.0465 e. The number of rotatable bonds is 2. The van der Waals surface area contributed by atoms with Gasteiger partial charge in [0.2, 0.25) is 0 Å². The highest BCUT2D eigenvalue weighted by Crippen LogP contribution is 2.38. The van der Waals surface area contributed by atoms with Crippen molar-refractivity contribution in [3.8, 4) is 0 Å². The van der Waals surface area contributed by atoms with Gasteiger partial charge in [-0.3, -0.25) is 0 Å². The van der Waals surface area contributed by atoms with E-state index in [0.717, 1.165) is 6.42 Å². The molecule has 0 aromatic heterocycles. The third kappa shape index (κ3) is 1.10. The molecule has 2 N–H and O–H groups in total. The molecule has 0 heterocycles. The normalized spacial score (nSPS) is 42.3. The van der Waals surface area contributed by atoms with Crippen LogP contribution in [0.1, 0.15) is 13.3 Å². The Bertz CT molecular complexity index is 92.9. The molecule has 1 aliphatic carbocycles. The van der Waals surface area contributed by atoms with Crippen molar-refractivity contribution in [2.24, 2.45) is 17.8 Å². The molecule has 0 unspecified atom stereocenters. The molecule has 54 valence electrons. The van der Waals surface area contributed by atoms with Gasteiger partial charge in [-0.15, -0.1) is 0 Å². The van der Waals surface area contributed by atoms with E-state index in [1.54, 1.807) is 0 Å². The summed E-state index contributed by atoms with van der Waals surface area (Å²) in [6, 6.07) is 0. The molecule has 0 amide bonds. The van der Waals surface area contributed by atoms with Crippen LogP contribution in [0.5, 0.6) is 0 Å². The largest absolute Gasteiger partial charge is 0.396 e. The van der Waals surface area contributed by atoms with E-state index in [9.17, 15) is 0 Å². The summed E-state index contributed by atoms with van der Waals surface area (Å²) in [6.45, 7) is 2.61. The van der Waals surface area contributed by atoms with Crippen molar-refractivity contribution in [3.05, 3.63) is 0 Å². The maximum absolute atomic E-state index is 8.75. The highest BCUT2D eigenvalue weighted by atomic mass is 16.3. The summed E-state index contributed by atoms with van der Waals surface area (Å²) in [7, 11) is 0. The zero-order chi connectivity index (χ0) is 6.85. The van der Waals surface area contributed by atoms with Gasteiger partial charge in [-0.2, -0.15) is 0 Å². The van der Waals surface area contributed by atoms with Crippen molar-refractivity contribution in [1.29, 1.82) is 0 Å². The van der Waals surface area contributed by atoms with Gasteiger partial charge in [0.15, 0.2) is 0 Å². The maximum atomic E-state index is 8.75. The van der Waals surface area contributed by atoms with Gasteiger partial charge in [-0.25, -0.2) is 0 Å². The van der Waals surface area contributed by atoms with Crippen LogP contribution < -0.4 is 0 Å². The van der Waals surface area contributed by atoms with E-state index in [-0.39, 0.29) is 13.2 Å². The van der Waals surface area contributed by atoms with Gasteiger partial charge in [-0.1, -0.05) is 6.92 Å². The van der Waals surface area contributed by atoms with Gasteiger partial charge in [0.05, 0.1) is 0 Å². The first-order valence-corrected chi connectivity index (χ1v) is 3.51. The predicted octanol–water partition coefficient (Wildman–Crippen LogP) is 0.243. The molecule has 1 rings (SSSR count). The second-order valence-corrected chi connectivity index (χ2v) is 3.00. The molecule has 0 bridgehead atoms. The zero-order valence-corrected chi connectivity index (χ0v) is 5.75. The van der Waals surface area contributed by atoms with Crippen LogP contribution in [0.2, 0.25) is 0 Å². The molecule has 3 atom stereocenters. The minimum absolute atomic E-state index is 0.242. The first kappa shape index (κ1) is 7.03. The average molecular weight is 130 g/mol. The van der Waals surface area contributed by atoms with Crippen LogP contribution in [0.4, 0.5) is 0 Å². The Morgan fingerprint density at radius 1 is 1.33 bits per heavy atom. The standard InChI is InChI=1S/C7H14O2/c1-5-2-6(3-8)7(5)4-9/h5-9H,2-4H2,1H3/t5-,6-,7+/m1/s1. The third-order valence-corrected chi connectivity index (χ3v) is 2.46. The van der Waals surface area contributed by atoms with Crippen molar-refractivity contribution < 1.29 is 10.2 Å². The van der Waals surface area contributed by atoms with E-state index in [0.29, 0.717) is 17.8 Å². The summed E-state index contributed by atoms with van der Waals surface area (Å²) >= 11 is 0. The second kappa shape index (κ2) is 2.67. The SMILES string of the molecule is C[C@@H]1C[C@H](CO)[C@H]1CO. The van der Waals surface area contributed by atoms with Crippen LogP contribution in [-0.4, -0.2) is 23.4 Å². The number of aliphatic hydroxyl groups excluding tert-OH is 2. The molecular weight excluding hydrogens is 116 g/mol. The molecular formula is C7H14O2. The van der Waals surface area contributed by atoms with Crippen LogP contribution in [-0.2, 0) is 0 Å². The molecule has 0 saturated heterocycles. The fraction of sp³-hybridized carbons (Fsp3) is 1.00. The minimum atomic E-state index is 0.242. The lowest BCUT2D eigenvalue weighted by Crippen LogP contribution is -2.39. The molecule has 0 aliphatic heterocycles. The Kier molecular flexibility index (Phi) is 2.09. The monoisotopic (exact) mass is 130 g/mol. The van der Waals surface area contributed by atoms with Crippen LogP contribution in [0, 0.1) is 17.8 Å². The Morgan fingerprint density at radius 2 is 2.00 bits per heavy atom. The number of aliphatic hydroxyl groups is 2. The van der Waals surface area contributed by atoms with Gasteiger partial charge in [0, 0.05) is 13.2 Å². The maximum Gasteiger partial charge on any atom is 0.0465 e. The van der Waals surface area contributed by atoms with E-state index in [1.165, 1.54) is 0 Å². The lowest BCUT2D eigenvalue weighted by atomic mass is 9.66. The summed E-state index contributed by atoms with van der Waals surface area (Å²) < 4.78 is 0. The Balaban J connectivity index is 2.29. The summed E-state index contributed by atoms with van der Waals surface area (Å²) in [6.07, 6.45) is 1.09. The molecule has 1 aliphatic rings. The zero-order valence-electron chi connectivity index (χ0n) is 5.75. The average Bonchev–Trinajstić information content (AvgIpc) is 1.83. The number of hydrogen-bond donors (Lipinski definition) is 2. The molecule has 0 aromatic rings. The van der Waals surface area contributed by atoms with E-state index >= 15 is 0 Å². The van der Waals surface area contributed by atoms with Crippen LogP contribution in [0.15, 0.2) is 0 Å².